The zero-order valence-electron chi connectivity index (χ0n) is 11.5. The number of halogens is 1. The number of pyridine rings is 1. The molecule has 0 aliphatic carbocycles. The van der Waals surface area contributed by atoms with Crippen LogP contribution in [0.25, 0.3) is 0 Å². The third-order valence-electron chi connectivity index (χ3n) is 2.88. The van der Waals surface area contributed by atoms with Crippen LogP contribution >= 0.6 is 0 Å². The molecule has 2 aromatic rings. The van der Waals surface area contributed by atoms with Crippen molar-refractivity contribution in [3.63, 3.8) is 0 Å². The lowest BCUT2D eigenvalue weighted by Crippen LogP contribution is -2.25. The lowest BCUT2D eigenvalue weighted by molar-refractivity contribution is 0.394. The van der Waals surface area contributed by atoms with Crippen LogP contribution in [0.4, 0.5) is 4.39 Å². The first kappa shape index (κ1) is 14.3. The highest BCUT2D eigenvalue weighted by Crippen LogP contribution is 2.23. The predicted octanol–water partition coefficient (Wildman–Crippen LogP) is 2.11. The molecule has 0 amide bonds. The summed E-state index contributed by atoms with van der Waals surface area (Å²) in [6, 6.07) is 3.00. The summed E-state index contributed by atoms with van der Waals surface area (Å²) in [7, 11) is 1.54. The van der Waals surface area contributed by atoms with E-state index in [1.54, 1.807) is 18.3 Å². The van der Waals surface area contributed by atoms with Gasteiger partial charge in [0.15, 0.2) is 0 Å². The summed E-state index contributed by atoms with van der Waals surface area (Å²) in [6.07, 6.45) is 5.12. The van der Waals surface area contributed by atoms with Crippen molar-refractivity contribution in [3.8, 4) is 5.88 Å². The first-order chi connectivity index (χ1) is 9.76. The van der Waals surface area contributed by atoms with Crippen LogP contribution in [0.5, 0.6) is 5.88 Å². The molecule has 0 bridgehead atoms. The van der Waals surface area contributed by atoms with Crippen LogP contribution in [-0.4, -0.2) is 28.6 Å². The van der Waals surface area contributed by atoms with E-state index in [0.717, 1.165) is 13.0 Å². The predicted molar refractivity (Wildman–Crippen MR) is 72.9 cm³/mol. The molecular weight excluding hydrogens is 259 g/mol. The van der Waals surface area contributed by atoms with Crippen LogP contribution in [-0.2, 0) is 0 Å². The van der Waals surface area contributed by atoms with Crippen LogP contribution in [0.15, 0.2) is 30.9 Å². The van der Waals surface area contributed by atoms with Gasteiger partial charge in [0.2, 0.25) is 5.88 Å². The molecule has 5 nitrogen and oxygen atoms in total. The minimum atomic E-state index is -0.362. The van der Waals surface area contributed by atoms with Crippen LogP contribution < -0.4 is 10.1 Å². The highest BCUT2D eigenvalue weighted by atomic mass is 19.1. The van der Waals surface area contributed by atoms with Crippen molar-refractivity contribution in [3.05, 3.63) is 47.9 Å². The average molecular weight is 276 g/mol. The topological polar surface area (TPSA) is 59.9 Å². The maximum atomic E-state index is 14.0. The van der Waals surface area contributed by atoms with Gasteiger partial charge >= 0.3 is 0 Å². The Balaban J connectivity index is 2.38. The van der Waals surface area contributed by atoms with Gasteiger partial charge in [-0.05, 0) is 19.0 Å². The molecular formula is C14H17FN4O. The quantitative estimate of drug-likeness (QED) is 0.875. The third kappa shape index (κ3) is 3.27. The molecule has 2 heterocycles. The Bertz CT molecular complexity index is 564. The molecule has 0 aromatic carbocycles. The molecule has 0 aliphatic rings. The first-order valence-corrected chi connectivity index (χ1v) is 6.45. The van der Waals surface area contributed by atoms with Gasteiger partial charge in [0.05, 0.1) is 25.0 Å². The van der Waals surface area contributed by atoms with E-state index in [9.17, 15) is 4.39 Å². The molecule has 106 valence electrons. The van der Waals surface area contributed by atoms with E-state index in [4.69, 9.17) is 4.74 Å². The van der Waals surface area contributed by atoms with Crippen molar-refractivity contribution in [1.29, 1.82) is 0 Å². The summed E-state index contributed by atoms with van der Waals surface area (Å²) >= 11 is 0. The van der Waals surface area contributed by atoms with Crippen molar-refractivity contribution in [2.24, 2.45) is 0 Å². The highest BCUT2D eigenvalue weighted by molar-refractivity contribution is 5.29. The van der Waals surface area contributed by atoms with Gasteiger partial charge in [0, 0.05) is 17.8 Å². The van der Waals surface area contributed by atoms with Crippen molar-refractivity contribution >= 4 is 0 Å². The summed E-state index contributed by atoms with van der Waals surface area (Å²) in [5.74, 6) is 0.0893. The summed E-state index contributed by atoms with van der Waals surface area (Å²) in [5.41, 5.74) is 1.17. The summed E-state index contributed by atoms with van der Waals surface area (Å²) in [5, 5.41) is 3.28. The first-order valence-electron chi connectivity index (χ1n) is 6.45. The molecule has 2 aromatic heterocycles. The average Bonchev–Trinajstić information content (AvgIpc) is 2.49. The molecule has 0 saturated heterocycles. The molecule has 0 spiro atoms. The molecule has 6 heteroatoms. The number of hydrogen-bond acceptors (Lipinski definition) is 5. The second-order valence-corrected chi connectivity index (χ2v) is 4.27. The Hall–Kier alpha value is -2.08. The second-order valence-electron chi connectivity index (χ2n) is 4.27. The van der Waals surface area contributed by atoms with E-state index >= 15 is 0 Å². The van der Waals surface area contributed by atoms with Crippen molar-refractivity contribution in [2.45, 2.75) is 19.4 Å². The van der Waals surface area contributed by atoms with Gasteiger partial charge in [-0.2, -0.15) is 0 Å². The Morgan fingerprint density at radius 2 is 2.25 bits per heavy atom. The van der Waals surface area contributed by atoms with Gasteiger partial charge in [-0.1, -0.05) is 6.92 Å². The molecule has 0 fully saturated rings. The third-order valence-corrected chi connectivity index (χ3v) is 2.88. The van der Waals surface area contributed by atoms with Crippen molar-refractivity contribution in [1.82, 2.24) is 20.3 Å². The molecule has 1 atom stereocenters. The normalized spacial score (nSPS) is 12.2. The molecule has 1 N–H and O–H groups in total. The fourth-order valence-corrected chi connectivity index (χ4v) is 1.91. The van der Waals surface area contributed by atoms with Gasteiger partial charge in [-0.15, -0.1) is 0 Å². The van der Waals surface area contributed by atoms with Crippen LogP contribution in [0.3, 0.4) is 0 Å². The van der Waals surface area contributed by atoms with Crippen molar-refractivity contribution in [2.75, 3.05) is 13.7 Å². The molecule has 20 heavy (non-hydrogen) atoms. The van der Waals surface area contributed by atoms with Gasteiger partial charge in [-0.25, -0.2) is 14.4 Å². The fourth-order valence-electron chi connectivity index (χ4n) is 1.91. The maximum absolute atomic E-state index is 14.0. The van der Waals surface area contributed by atoms with Gasteiger partial charge in [0.1, 0.15) is 12.1 Å². The zero-order valence-corrected chi connectivity index (χ0v) is 11.5. The van der Waals surface area contributed by atoms with E-state index in [1.807, 2.05) is 6.92 Å². The Morgan fingerprint density at radius 1 is 1.40 bits per heavy atom. The SMILES string of the molecule is CCCNC(c1cc(OC)ncn1)c1ccncc1F. The summed E-state index contributed by atoms with van der Waals surface area (Å²) in [4.78, 5) is 12.0. The van der Waals surface area contributed by atoms with Crippen LogP contribution in [0, 0.1) is 5.82 Å². The molecule has 1 unspecified atom stereocenters. The highest BCUT2D eigenvalue weighted by Gasteiger charge is 2.19. The molecule has 0 saturated carbocycles. The fraction of sp³-hybridized carbons (Fsp3) is 0.357. The number of rotatable bonds is 6. The number of nitrogens with one attached hydrogen (secondary N) is 1. The molecule has 2 rings (SSSR count). The Morgan fingerprint density at radius 3 is 2.95 bits per heavy atom. The van der Waals surface area contributed by atoms with E-state index in [1.165, 1.54) is 19.6 Å². The van der Waals surface area contributed by atoms with E-state index in [2.05, 4.69) is 20.3 Å². The zero-order chi connectivity index (χ0) is 14.4. The van der Waals surface area contributed by atoms with Crippen LogP contribution in [0.2, 0.25) is 0 Å². The van der Waals surface area contributed by atoms with Gasteiger partial charge < -0.3 is 10.1 Å². The van der Waals surface area contributed by atoms with Gasteiger partial charge in [-0.3, -0.25) is 4.98 Å². The second kappa shape index (κ2) is 6.91. The van der Waals surface area contributed by atoms with E-state index in [-0.39, 0.29) is 11.9 Å². The largest absolute Gasteiger partial charge is 0.481 e. The van der Waals surface area contributed by atoms with Crippen molar-refractivity contribution < 1.29 is 9.13 Å². The number of aromatic nitrogens is 3. The van der Waals surface area contributed by atoms with Crippen LogP contribution in [0.1, 0.15) is 30.6 Å². The molecule has 0 aliphatic heterocycles. The lowest BCUT2D eigenvalue weighted by atomic mass is 10.0. The Kier molecular flexibility index (Phi) is 4.95. The standard InChI is InChI=1S/C14H17FN4O/c1-3-5-17-14(10-4-6-16-8-11(10)15)12-7-13(20-2)19-9-18-12/h4,6-9,14,17H,3,5H2,1-2H3. The van der Waals surface area contributed by atoms with E-state index in [0.29, 0.717) is 17.1 Å². The Labute approximate surface area is 117 Å². The van der Waals surface area contributed by atoms with E-state index < -0.39 is 0 Å². The number of ether oxygens (including phenoxy) is 1. The number of hydrogen-bond donors (Lipinski definition) is 1. The minimum absolute atomic E-state index is 0.352. The summed E-state index contributed by atoms with van der Waals surface area (Å²) in [6.45, 7) is 2.80. The summed E-state index contributed by atoms with van der Waals surface area (Å²) < 4.78 is 19.0. The monoisotopic (exact) mass is 276 g/mol. The van der Waals surface area contributed by atoms with Gasteiger partial charge in [0.25, 0.3) is 0 Å². The number of methoxy groups -OCH3 is 1. The number of nitrogens with zero attached hydrogens (tertiary/aromatic N) is 3. The maximum Gasteiger partial charge on any atom is 0.216 e. The minimum Gasteiger partial charge on any atom is -0.481 e. The lowest BCUT2D eigenvalue weighted by Gasteiger charge is -2.19. The molecule has 0 radical (unpaired) electrons. The smallest absolute Gasteiger partial charge is 0.216 e.